The van der Waals surface area contributed by atoms with Crippen molar-refractivity contribution < 1.29 is 24.1 Å². The Kier molecular flexibility index (Phi) is 6.30. The number of allylic oxidation sites excluding steroid dienone is 2. The Morgan fingerprint density at radius 3 is 2.41 bits per heavy atom. The van der Waals surface area contributed by atoms with E-state index in [4.69, 9.17) is 11.6 Å². The van der Waals surface area contributed by atoms with Gasteiger partial charge in [0.1, 0.15) is 6.54 Å². The second-order valence-electron chi connectivity index (χ2n) is 8.21. The lowest BCUT2D eigenvalue weighted by molar-refractivity contribution is -0.384. The number of carbonyl (C=O) groups is 4. The Morgan fingerprint density at radius 1 is 1.12 bits per heavy atom. The minimum Gasteiger partial charge on any atom is -0.292 e. The van der Waals surface area contributed by atoms with Crippen LogP contribution in [0, 0.1) is 27.9 Å². The van der Waals surface area contributed by atoms with Crippen LogP contribution in [0.5, 0.6) is 0 Å². The summed E-state index contributed by atoms with van der Waals surface area (Å²) in [6.45, 7) is 1.20. The number of benzene rings is 2. The summed E-state index contributed by atoms with van der Waals surface area (Å²) < 4.78 is 0. The number of halogens is 1. The van der Waals surface area contributed by atoms with Gasteiger partial charge in [0.15, 0.2) is 5.78 Å². The molecule has 1 aliphatic heterocycles. The zero-order valence-electron chi connectivity index (χ0n) is 18.1. The van der Waals surface area contributed by atoms with Gasteiger partial charge in [0.2, 0.25) is 0 Å². The van der Waals surface area contributed by atoms with E-state index in [2.05, 4.69) is 0 Å². The summed E-state index contributed by atoms with van der Waals surface area (Å²) in [6.07, 6.45) is 4.06. The lowest BCUT2D eigenvalue weighted by Gasteiger charge is -2.30. The number of imide groups is 1. The highest BCUT2D eigenvalue weighted by Gasteiger charge is 2.53. The predicted molar refractivity (Wildman–Crippen MR) is 122 cm³/mol. The lowest BCUT2D eigenvalue weighted by Crippen LogP contribution is -2.52. The molecule has 10 heteroatoms. The molecule has 0 spiro atoms. The molecule has 0 N–H and O–H groups in total. The van der Waals surface area contributed by atoms with E-state index in [1.165, 1.54) is 36.4 Å². The Morgan fingerprint density at radius 2 is 1.79 bits per heavy atom. The standard InChI is InChI=1S/C24H20ClN3O6/c1-14-5-4-7-18-21(14)24(32)27(23(18)31)26(22(30)17-6-2-3-8-19(17)25)13-20(29)15-9-11-16(12-10-15)28(33)34/h2-6,8-12,14,18,21H,7,13H2,1H3/t14-,18-,21+/m1/s1. The highest BCUT2D eigenvalue weighted by molar-refractivity contribution is 6.34. The fraction of sp³-hybridized carbons (Fsp3) is 0.250. The van der Waals surface area contributed by atoms with Gasteiger partial charge in [-0.1, -0.05) is 42.8 Å². The quantitative estimate of drug-likeness (QED) is 0.204. The summed E-state index contributed by atoms with van der Waals surface area (Å²) >= 11 is 6.19. The molecule has 4 rings (SSSR count). The maximum Gasteiger partial charge on any atom is 0.274 e. The first-order valence-electron chi connectivity index (χ1n) is 10.6. The van der Waals surface area contributed by atoms with Gasteiger partial charge >= 0.3 is 0 Å². The van der Waals surface area contributed by atoms with Gasteiger partial charge in [-0.15, -0.1) is 0 Å². The number of carbonyl (C=O) groups excluding carboxylic acids is 4. The summed E-state index contributed by atoms with van der Waals surface area (Å²) in [5.74, 6) is -3.94. The SMILES string of the molecule is C[C@@H]1C=CC[C@H]2C(=O)N(N(CC(=O)c3ccc([N+](=O)[O-])cc3)C(=O)c3ccccc3Cl)C(=O)[C@@H]12. The van der Waals surface area contributed by atoms with E-state index < -0.39 is 46.8 Å². The predicted octanol–water partition coefficient (Wildman–Crippen LogP) is 3.69. The first-order chi connectivity index (χ1) is 16.2. The zero-order chi connectivity index (χ0) is 24.6. The fourth-order valence-corrected chi connectivity index (χ4v) is 4.59. The molecule has 0 radical (unpaired) electrons. The third-order valence-corrected chi connectivity index (χ3v) is 6.45. The van der Waals surface area contributed by atoms with E-state index in [9.17, 15) is 29.3 Å². The van der Waals surface area contributed by atoms with E-state index in [-0.39, 0.29) is 27.8 Å². The van der Waals surface area contributed by atoms with Crippen LogP contribution in [-0.4, -0.2) is 45.0 Å². The average molecular weight is 482 g/mol. The lowest BCUT2D eigenvalue weighted by atomic mass is 9.78. The molecule has 174 valence electrons. The number of hydrogen-bond acceptors (Lipinski definition) is 6. The number of hydrogen-bond donors (Lipinski definition) is 0. The van der Waals surface area contributed by atoms with Crippen LogP contribution >= 0.6 is 11.6 Å². The van der Waals surface area contributed by atoms with Crippen molar-refractivity contribution in [1.82, 2.24) is 10.0 Å². The average Bonchev–Trinajstić information content (AvgIpc) is 3.08. The Balaban J connectivity index is 1.70. The van der Waals surface area contributed by atoms with Crippen LogP contribution in [0.3, 0.4) is 0 Å². The number of fused-ring (bicyclic) bond motifs is 1. The maximum absolute atomic E-state index is 13.5. The molecule has 1 saturated heterocycles. The molecule has 1 heterocycles. The summed E-state index contributed by atoms with van der Waals surface area (Å²) in [5, 5.41) is 12.6. The van der Waals surface area contributed by atoms with Crippen molar-refractivity contribution in [2.45, 2.75) is 13.3 Å². The highest BCUT2D eigenvalue weighted by Crippen LogP contribution is 2.39. The second kappa shape index (κ2) is 9.18. The molecule has 0 saturated carbocycles. The Bertz CT molecular complexity index is 1230. The fourth-order valence-electron chi connectivity index (χ4n) is 4.37. The van der Waals surface area contributed by atoms with Gasteiger partial charge in [-0.25, -0.2) is 5.01 Å². The summed E-state index contributed by atoms with van der Waals surface area (Å²) in [4.78, 5) is 63.4. The Hall–Kier alpha value is -3.85. The van der Waals surface area contributed by atoms with Crippen LogP contribution in [0.2, 0.25) is 5.02 Å². The number of hydrazine groups is 1. The number of ketones is 1. The highest BCUT2D eigenvalue weighted by atomic mass is 35.5. The number of Topliss-reactive ketones (excluding diaryl/α,β-unsaturated/α-hetero) is 1. The van der Waals surface area contributed by atoms with Gasteiger partial charge in [0, 0.05) is 17.7 Å². The zero-order valence-corrected chi connectivity index (χ0v) is 18.8. The van der Waals surface area contributed by atoms with Crippen molar-refractivity contribution in [1.29, 1.82) is 0 Å². The molecule has 2 aliphatic rings. The summed E-state index contributed by atoms with van der Waals surface area (Å²) in [7, 11) is 0. The molecule has 34 heavy (non-hydrogen) atoms. The van der Waals surface area contributed by atoms with Gasteiger partial charge in [-0.2, -0.15) is 5.01 Å². The second-order valence-corrected chi connectivity index (χ2v) is 8.62. The molecule has 1 fully saturated rings. The van der Waals surface area contributed by atoms with Gasteiger partial charge in [0.25, 0.3) is 23.4 Å². The Labute approximate surface area is 199 Å². The van der Waals surface area contributed by atoms with E-state index in [0.29, 0.717) is 6.42 Å². The van der Waals surface area contributed by atoms with E-state index in [0.717, 1.165) is 10.0 Å². The molecular formula is C24H20ClN3O6. The van der Waals surface area contributed by atoms with E-state index >= 15 is 0 Å². The smallest absolute Gasteiger partial charge is 0.274 e. The number of nitrogens with zero attached hydrogens (tertiary/aromatic N) is 3. The molecule has 2 aromatic carbocycles. The van der Waals surface area contributed by atoms with Gasteiger partial charge in [0.05, 0.1) is 27.3 Å². The van der Waals surface area contributed by atoms with E-state index in [1.54, 1.807) is 12.1 Å². The van der Waals surface area contributed by atoms with Crippen molar-refractivity contribution in [3.8, 4) is 0 Å². The van der Waals surface area contributed by atoms with Crippen LogP contribution in [0.15, 0.2) is 60.7 Å². The molecule has 1 aliphatic carbocycles. The van der Waals surface area contributed by atoms with Crippen LogP contribution in [0.25, 0.3) is 0 Å². The number of non-ortho nitro benzene ring substituents is 1. The van der Waals surface area contributed by atoms with Crippen molar-refractivity contribution in [3.05, 3.63) is 86.9 Å². The molecule has 9 nitrogen and oxygen atoms in total. The first-order valence-corrected chi connectivity index (χ1v) is 11.0. The van der Waals surface area contributed by atoms with Crippen LogP contribution < -0.4 is 0 Å². The minimum absolute atomic E-state index is 0.0299. The van der Waals surface area contributed by atoms with Crippen molar-refractivity contribution >= 4 is 40.8 Å². The number of nitro benzene ring substituents is 1. The molecule has 3 atom stereocenters. The van der Waals surface area contributed by atoms with Gasteiger partial charge in [-0.3, -0.25) is 29.3 Å². The minimum atomic E-state index is -0.776. The first kappa shape index (κ1) is 23.3. The van der Waals surface area contributed by atoms with Crippen LogP contribution in [-0.2, 0) is 9.59 Å². The molecule has 0 unspecified atom stereocenters. The van der Waals surface area contributed by atoms with Crippen molar-refractivity contribution in [2.75, 3.05) is 6.54 Å². The third kappa shape index (κ3) is 4.10. The van der Waals surface area contributed by atoms with E-state index in [1.807, 2.05) is 19.1 Å². The largest absolute Gasteiger partial charge is 0.292 e. The van der Waals surface area contributed by atoms with Crippen molar-refractivity contribution in [3.63, 3.8) is 0 Å². The van der Waals surface area contributed by atoms with Crippen LogP contribution in [0.4, 0.5) is 5.69 Å². The number of rotatable bonds is 6. The molecule has 0 bridgehead atoms. The molecule has 2 aromatic rings. The third-order valence-electron chi connectivity index (χ3n) is 6.12. The summed E-state index contributed by atoms with van der Waals surface area (Å²) in [5.41, 5.74) is -0.0765. The maximum atomic E-state index is 13.5. The molecular weight excluding hydrogens is 462 g/mol. The van der Waals surface area contributed by atoms with Crippen molar-refractivity contribution in [2.24, 2.45) is 17.8 Å². The molecule has 3 amide bonds. The topological polar surface area (TPSA) is 118 Å². The van der Waals surface area contributed by atoms with Crippen LogP contribution in [0.1, 0.15) is 34.1 Å². The number of nitro groups is 1. The number of amides is 3. The summed E-state index contributed by atoms with van der Waals surface area (Å²) in [6, 6.07) is 11.0. The normalized spacial score (nSPS) is 21.4. The van der Waals surface area contributed by atoms with Gasteiger partial charge < -0.3 is 0 Å². The molecule has 0 aromatic heterocycles. The van der Waals surface area contributed by atoms with Gasteiger partial charge in [-0.05, 0) is 36.6 Å². The monoisotopic (exact) mass is 481 g/mol.